The van der Waals surface area contributed by atoms with Crippen molar-refractivity contribution in [1.82, 2.24) is 15.1 Å². The van der Waals surface area contributed by atoms with E-state index in [9.17, 15) is 13.2 Å². The third kappa shape index (κ3) is 3.07. The third-order valence-electron chi connectivity index (χ3n) is 3.04. The van der Waals surface area contributed by atoms with Crippen molar-refractivity contribution in [2.75, 3.05) is 0 Å². The third-order valence-corrected chi connectivity index (χ3v) is 3.33. The van der Waals surface area contributed by atoms with Crippen LogP contribution in [0.15, 0.2) is 41.1 Å². The van der Waals surface area contributed by atoms with E-state index in [0.29, 0.717) is 17.3 Å². The van der Waals surface area contributed by atoms with Crippen molar-refractivity contribution in [3.05, 3.63) is 52.7 Å². The van der Waals surface area contributed by atoms with Crippen LogP contribution in [0.1, 0.15) is 11.1 Å². The van der Waals surface area contributed by atoms with Gasteiger partial charge in [0.05, 0.1) is 22.2 Å². The van der Waals surface area contributed by atoms with E-state index in [4.69, 9.17) is 21.4 Å². The molecule has 0 spiro atoms. The van der Waals surface area contributed by atoms with Gasteiger partial charge in [-0.25, -0.2) is 0 Å². The van der Waals surface area contributed by atoms with Gasteiger partial charge < -0.3 is 4.52 Å². The van der Waals surface area contributed by atoms with Crippen molar-refractivity contribution in [2.45, 2.75) is 6.18 Å². The first kappa shape index (κ1) is 16.0. The zero-order chi connectivity index (χ0) is 17.3. The first-order chi connectivity index (χ1) is 11.4. The highest BCUT2D eigenvalue weighted by molar-refractivity contribution is 6.32. The summed E-state index contributed by atoms with van der Waals surface area (Å²) in [6.45, 7) is 0. The summed E-state index contributed by atoms with van der Waals surface area (Å²) >= 11 is 5.85. The molecule has 0 aliphatic rings. The molecule has 2 heterocycles. The Hall–Kier alpha value is -2.92. The van der Waals surface area contributed by atoms with Crippen LogP contribution in [0.25, 0.3) is 23.0 Å². The van der Waals surface area contributed by atoms with Crippen LogP contribution in [0.3, 0.4) is 0 Å². The van der Waals surface area contributed by atoms with Crippen LogP contribution in [-0.4, -0.2) is 15.1 Å². The van der Waals surface area contributed by atoms with Gasteiger partial charge in [-0.3, -0.25) is 4.98 Å². The fourth-order valence-electron chi connectivity index (χ4n) is 1.92. The number of rotatable bonds is 2. The van der Waals surface area contributed by atoms with Crippen LogP contribution >= 0.6 is 11.6 Å². The van der Waals surface area contributed by atoms with E-state index in [0.717, 1.165) is 6.07 Å². The molecule has 0 atom stereocenters. The topological polar surface area (TPSA) is 75.6 Å². The Balaban J connectivity index is 1.98. The lowest BCUT2D eigenvalue weighted by Crippen LogP contribution is -2.06. The maximum atomic E-state index is 12.6. The van der Waals surface area contributed by atoms with Crippen LogP contribution in [0.5, 0.6) is 0 Å². The second-order valence-corrected chi connectivity index (χ2v) is 5.08. The van der Waals surface area contributed by atoms with Crippen molar-refractivity contribution in [1.29, 1.82) is 5.26 Å². The molecule has 0 aliphatic carbocycles. The summed E-state index contributed by atoms with van der Waals surface area (Å²) in [5.74, 6) is 0.0472. The summed E-state index contributed by atoms with van der Waals surface area (Å²) in [4.78, 5) is 7.73. The average molecular weight is 351 g/mol. The molecule has 1 aromatic carbocycles. The van der Waals surface area contributed by atoms with E-state index >= 15 is 0 Å². The summed E-state index contributed by atoms with van der Waals surface area (Å²) < 4.78 is 42.9. The highest BCUT2D eigenvalue weighted by Crippen LogP contribution is 2.33. The predicted octanol–water partition coefficient (Wildman–Crippen LogP) is 4.34. The zero-order valence-electron chi connectivity index (χ0n) is 11.7. The molecule has 24 heavy (non-hydrogen) atoms. The molecule has 120 valence electrons. The summed E-state index contributed by atoms with van der Waals surface area (Å²) in [7, 11) is 0. The molecular formula is C15H6ClF3N4O. The smallest absolute Gasteiger partial charge is 0.334 e. The second-order valence-electron chi connectivity index (χ2n) is 4.67. The van der Waals surface area contributed by atoms with Gasteiger partial charge in [0, 0.05) is 11.8 Å². The van der Waals surface area contributed by atoms with Gasteiger partial charge in [-0.05, 0) is 24.3 Å². The zero-order valence-corrected chi connectivity index (χ0v) is 12.4. The van der Waals surface area contributed by atoms with Crippen molar-refractivity contribution < 1.29 is 17.7 Å². The monoisotopic (exact) mass is 350 g/mol. The number of benzene rings is 1. The summed E-state index contributed by atoms with van der Waals surface area (Å²) in [6.07, 6.45) is -3.90. The number of nitrogens with zero attached hydrogens (tertiary/aromatic N) is 4. The molecule has 5 nitrogen and oxygen atoms in total. The molecule has 0 saturated heterocycles. The fourth-order valence-corrected chi connectivity index (χ4v) is 2.17. The summed E-state index contributed by atoms with van der Waals surface area (Å²) in [6, 6.07) is 9.16. The highest BCUT2D eigenvalue weighted by atomic mass is 35.5. The number of alkyl halides is 3. The SMILES string of the molecule is N#Cc1cccc(-c2nc(-c3ncc(C(F)(F)F)cc3Cl)no2)c1. The molecule has 0 radical (unpaired) electrons. The Morgan fingerprint density at radius 2 is 2.00 bits per heavy atom. The van der Waals surface area contributed by atoms with Crippen molar-refractivity contribution >= 4 is 11.6 Å². The number of hydrogen-bond acceptors (Lipinski definition) is 5. The molecule has 0 N–H and O–H groups in total. The van der Waals surface area contributed by atoms with E-state index in [-0.39, 0.29) is 22.4 Å². The first-order valence-corrected chi connectivity index (χ1v) is 6.83. The minimum atomic E-state index is -4.55. The molecular weight excluding hydrogens is 345 g/mol. The number of hydrogen-bond donors (Lipinski definition) is 0. The van der Waals surface area contributed by atoms with E-state index in [1.54, 1.807) is 24.3 Å². The number of nitriles is 1. The van der Waals surface area contributed by atoms with Gasteiger partial charge in [-0.1, -0.05) is 22.8 Å². The van der Waals surface area contributed by atoms with E-state index < -0.39 is 11.7 Å². The minimum absolute atomic E-state index is 0.0314. The van der Waals surface area contributed by atoms with E-state index in [1.807, 2.05) is 6.07 Å². The van der Waals surface area contributed by atoms with Crippen LogP contribution in [0.4, 0.5) is 13.2 Å². The van der Waals surface area contributed by atoms with Crippen LogP contribution in [0, 0.1) is 11.3 Å². The number of halogens is 4. The van der Waals surface area contributed by atoms with Gasteiger partial charge in [0.15, 0.2) is 0 Å². The molecule has 3 rings (SSSR count). The van der Waals surface area contributed by atoms with Crippen molar-refractivity contribution in [3.63, 3.8) is 0 Å². The maximum Gasteiger partial charge on any atom is 0.417 e. The van der Waals surface area contributed by atoms with Gasteiger partial charge in [0.2, 0.25) is 5.82 Å². The molecule has 2 aromatic heterocycles. The minimum Gasteiger partial charge on any atom is -0.334 e. The largest absolute Gasteiger partial charge is 0.417 e. The molecule has 0 unspecified atom stereocenters. The molecule has 9 heteroatoms. The van der Waals surface area contributed by atoms with Gasteiger partial charge in [-0.2, -0.15) is 23.4 Å². The normalized spacial score (nSPS) is 11.3. The maximum absolute atomic E-state index is 12.6. The van der Waals surface area contributed by atoms with Crippen LogP contribution in [-0.2, 0) is 6.18 Å². The standard InChI is InChI=1S/C15H6ClF3N4O/c16-11-5-10(15(17,18)19)7-21-12(11)13-22-14(24-23-13)9-3-1-2-8(4-9)6-20/h1-5,7H. The number of pyridine rings is 1. The predicted molar refractivity (Wildman–Crippen MR) is 77.7 cm³/mol. The Labute approximate surface area is 138 Å². The quantitative estimate of drug-likeness (QED) is 0.687. The molecule has 0 aliphatic heterocycles. The van der Waals surface area contributed by atoms with Gasteiger partial charge in [0.25, 0.3) is 5.89 Å². The second kappa shape index (κ2) is 5.94. The number of aromatic nitrogens is 3. The van der Waals surface area contributed by atoms with E-state index in [1.165, 1.54) is 0 Å². The lowest BCUT2D eigenvalue weighted by Gasteiger charge is -2.07. The van der Waals surface area contributed by atoms with Gasteiger partial charge in [0.1, 0.15) is 5.69 Å². The summed E-state index contributed by atoms with van der Waals surface area (Å²) in [5.41, 5.74) is -0.105. The molecule has 3 aromatic rings. The van der Waals surface area contributed by atoms with E-state index in [2.05, 4.69) is 15.1 Å². The Kier molecular flexibility index (Phi) is 3.95. The van der Waals surface area contributed by atoms with Gasteiger partial charge in [-0.15, -0.1) is 0 Å². The average Bonchev–Trinajstić information content (AvgIpc) is 3.03. The van der Waals surface area contributed by atoms with Crippen LogP contribution in [0.2, 0.25) is 5.02 Å². The lowest BCUT2D eigenvalue weighted by molar-refractivity contribution is -0.137. The fraction of sp³-hybridized carbons (Fsp3) is 0.0667. The highest BCUT2D eigenvalue weighted by Gasteiger charge is 2.32. The lowest BCUT2D eigenvalue weighted by atomic mass is 10.1. The molecule has 0 fully saturated rings. The van der Waals surface area contributed by atoms with Crippen LogP contribution < -0.4 is 0 Å². The summed E-state index contributed by atoms with van der Waals surface area (Å²) in [5, 5.41) is 12.3. The Bertz CT molecular complexity index is 946. The van der Waals surface area contributed by atoms with Gasteiger partial charge >= 0.3 is 6.18 Å². The molecule has 0 bridgehead atoms. The molecule has 0 amide bonds. The Morgan fingerprint density at radius 3 is 2.67 bits per heavy atom. The Morgan fingerprint density at radius 1 is 1.21 bits per heavy atom. The van der Waals surface area contributed by atoms with Crippen molar-refractivity contribution in [3.8, 4) is 29.0 Å². The van der Waals surface area contributed by atoms with Crippen molar-refractivity contribution in [2.24, 2.45) is 0 Å². The molecule has 0 saturated carbocycles. The first-order valence-electron chi connectivity index (χ1n) is 6.46.